The number of hydrogen-bond donors (Lipinski definition) is 1. The Balaban J connectivity index is 2.36. The van der Waals surface area contributed by atoms with Crippen LogP contribution in [0.25, 0.3) is 0 Å². The van der Waals surface area contributed by atoms with Crippen molar-refractivity contribution in [3.05, 3.63) is 35.9 Å². The van der Waals surface area contributed by atoms with Gasteiger partial charge in [-0.05, 0) is 18.5 Å². The number of methoxy groups -OCH3 is 1. The second-order valence-corrected chi connectivity index (χ2v) is 3.73. The minimum atomic E-state index is 0.240. The van der Waals surface area contributed by atoms with Crippen LogP contribution in [0, 0.1) is 0 Å². The van der Waals surface area contributed by atoms with Crippen LogP contribution in [-0.2, 0) is 4.74 Å². The van der Waals surface area contributed by atoms with Crippen molar-refractivity contribution in [1.82, 2.24) is 5.32 Å². The fourth-order valence-corrected chi connectivity index (χ4v) is 1.73. The predicted octanol–water partition coefficient (Wildman–Crippen LogP) is 2.59. The van der Waals surface area contributed by atoms with Crippen LogP contribution in [0.4, 0.5) is 0 Å². The van der Waals surface area contributed by atoms with Gasteiger partial charge in [-0.1, -0.05) is 30.3 Å². The average Bonchev–Trinajstić information content (AvgIpc) is 2.30. The van der Waals surface area contributed by atoms with E-state index in [0.29, 0.717) is 5.88 Å². The molecule has 1 N–H and O–H groups in total. The Bertz CT molecular complexity index is 253. The van der Waals surface area contributed by atoms with Crippen LogP contribution in [0.1, 0.15) is 18.0 Å². The Morgan fingerprint density at radius 3 is 2.67 bits per heavy atom. The molecule has 0 bridgehead atoms. The number of halogens is 1. The summed E-state index contributed by atoms with van der Waals surface area (Å²) in [7, 11) is 1.72. The lowest BCUT2D eigenvalue weighted by molar-refractivity contribution is 0.193. The molecule has 1 unspecified atom stereocenters. The zero-order valence-electron chi connectivity index (χ0n) is 9.08. The summed E-state index contributed by atoms with van der Waals surface area (Å²) in [6, 6.07) is 10.5. The lowest BCUT2D eigenvalue weighted by Gasteiger charge is -2.16. The van der Waals surface area contributed by atoms with Crippen molar-refractivity contribution in [3.63, 3.8) is 0 Å². The molecule has 2 nitrogen and oxygen atoms in total. The zero-order valence-corrected chi connectivity index (χ0v) is 9.83. The van der Waals surface area contributed by atoms with E-state index in [1.165, 1.54) is 5.56 Å². The van der Waals surface area contributed by atoms with Gasteiger partial charge in [0.2, 0.25) is 0 Å². The molecule has 0 aliphatic heterocycles. The molecule has 1 aromatic rings. The third-order valence-electron chi connectivity index (χ3n) is 2.27. The standard InChI is InChI=1S/C12H18ClNO/c1-15-9-5-8-14-12(10-13)11-6-3-2-4-7-11/h2-4,6-7,12,14H,5,8-10H2,1H3. The van der Waals surface area contributed by atoms with E-state index in [2.05, 4.69) is 17.4 Å². The number of nitrogens with one attached hydrogen (secondary N) is 1. The van der Waals surface area contributed by atoms with Crippen molar-refractivity contribution in [2.24, 2.45) is 0 Å². The highest BCUT2D eigenvalue weighted by molar-refractivity contribution is 6.18. The number of rotatable bonds is 7. The molecular formula is C12H18ClNO. The summed E-state index contributed by atoms with van der Waals surface area (Å²) in [4.78, 5) is 0. The first-order valence-corrected chi connectivity index (χ1v) is 5.75. The maximum atomic E-state index is 5.92. The Kier molecular flexibility index (Phi) is 6.41. The van der Waals surface area contributed by atoms with Crippen molar-refractivity contribution in [1.29, 1.82) is 0 Å². The van der Waals surface area contributed by atoms with E-state index >= 15 is 0 Å². The molecule has 0 aliphatic rings. The van der Waals surface area contributed by atoms with Crippen LogP contribution in [0.5, 0.6) is 0 Å². The normalized spacial score (nSPS) is 12.7. The third-order valence-corrected chi connectivity index (χ3v) is 2.58. The Labute approximate surface area is 96.6 Å². The minimum Gasteiger partial charge on any atom is -0.385 e. The molecule has 0 amide bonds. The molecule has 1 atom stereocenters. The van der Waals surface area contributed by atoms with Gasteiger partial charge in [0, 0.05) is 25.6 Å². The monoisotopic (exact) mass is 227 g/mol. The molecular weight excluding hydrogens is 210 g/mol. The lowest BCUT2D eigenvalue weighted by atomic mass is 10.1. The van der Waals surface area contributed by atoms with E-state index in [-0.39, 0.29) is 6.04 Å². The van der Waals surface area contributed by atoms with Crippen molar-refractivity contribution in [3.8, 4) is 0 Å². The number of ether oxygens (including phenoxy) is 1. The van der Waals surface area contributed by atoms with E-state index in [9.17, 15) is 0 Å². The predicted molar refractivity (Wildman–Crippen MR) is 64.4 cm³/mol. The van der Waals surface area contributed by atoms with Gasteiger partial charge in [-0.15, -0.1) is 11.6 Å². The van der Waals surface area contributed by atoms with Gasteiger partial charge in [-0.2, -0.15) is 0 Å². The molecule has 0 fully saturated rings. The van der Waals surface area contributed by atoms with E-state index in [0.717, 1.165) is 19.6 Å². The zero-order chi connectivity index (χ0) is 10.9. The molecule has 15 heavy (non-hydrogen) atoms. The molecule has 0 saturated heterocycles. The average molecular weight is 228 g/mol. The van der Waals surface area contributed by atoms with Crippen molar-refractivity contribution >= 4 is 11.6 Å². The highest BCUT2D eigenvalue weighted by atomic mass is 35.5. The lowest BCUT2D eigenvalue weighted by Crippen LogP contribution is -2.24. The third kappa shape index (κ3) is 4.65. The van der Waals surface area contributed by atoms with Gasteiger partial charge < -0.3 is 10.1 Å². The first-order valence-electron chi connectivity index (χ1n) is 5.21. The van der Waals surface area contributed by atoms with Crippen molar-refractivity contribution in [2.75, 3.05) is 26.1 Å². The van der Waals surface area contributed by atoms with Crippen molar-refractivity contribution < 1.29 is 4.74 Å². The molecule has 0 saturated carbocycles. The van der Waals surface area contributed by atoms with Crippen molar-refractivity contribution in [2.45, 2.75) is 12.5 Å². The van der Waals surface area contributed by atoms with Crippen LogP contribution in [0.2, 0.25) is 0 Å². The highest BCUT2D eigenvalue weighted by Crippen LogP contribution is 2.13. The summed E-state index contributed by atoms with van der Waals surface area (Å²) >= 11 is 5.92. The summed E-state index contributed by atoms with van der Waals surface area (Å²) in [5.41, 5.74) is 1.24. The molecule has 1 aromatic carbocycles. The smallest absolute Gasteiger partial charge is 0.0474 e. The van der Waals surface area contributed by atoms with Gasteiger partial charge in [-0.25, -0.2) is 0 Å². The summed E-state index contributed by atoms with van der Waals surface area (Å²) in [5, 5.41) is 3.41. The summed E-state index contributed by atoms with van der Waals surface area (Å²) in [5.74, 6) is 0.594. The second kappa shape index (κ2) is 7.69. The second-order valence-electron chi connectivity index (χ2n) is 3.42. The highest BCUT2D eigenvalue weighted by Gasteiger charge is 2.07. The SMILES string of the molecule is COCCCNC(CCl)c1ccccc1. The number of hydrogen-bond acceptors (Lipinski definition) is 2. The van der Waals surface area contributed by atoms with Gasteiger partial charge in [0.15, 0.2) is 0 Å². The molecule has 0 spiro atoms. The van der Waals surface area contributed by atoms with Gasteiger partial charge in [0.25, 0.3) is 0 Å². The van der Waals surface area contributed by atoms with E-state index < -0.39 is 0 Å². The molecule has 0 aliphatic carbocycles. The minimum absolute atomic E-state index is 0.240. The first-order chi connectivity index (χ1) is 7.38. The largest absolute Gasteiger partial charge is 0.385 e. The molecule has 1 rings (SSSR count). The van der Waals surface area contributed by atoms with E-state index in [4.69, 9.17) is 16.3 Å². The van der Waals surface area contributed by atoms with Gasteiger partial charge in [0.05, 0.1) is 0 Å². The number of alkyl halides is 1. The quantitative estimate of drug-likeness (QED) is 0.571. The fourth-order valence-electron chi connectivity index (χ4n) is 1.44. The Hall–Kier alpha value is -0.570. The summed E-state index contributed by atoms with van der Waals surface area (Å²) in [6.07, 6.45) is 1.01. The van der Waals surface area contributed by atoms with Crippen LogP contribution in [-0.4, -0.2) is 26.1 Å². The maximum Gasteiger partial charge on any atom is 0.0474 e. The molecule has 84 valence electrons. The topological polar surface area (TPSA) is 21.3 Å². The van der Waals surface area contributed by atoms with E-state index in [1.54, 1.807) is 7.11 Å². The molecule has 0 radical (unpaired) electrons. The molecule has 0 heterocycles. The van der Waals surface area contributed by atoms with Crippen LogP contribution >= 0.6 is 11.6 Å². The van der Waals surface area contributed by atoms with Gasteiger partial charge in [-0.3, -0.25) is 0 Å². The Morgan fingerprint density at radius 2 is 2.07 bits per heavy atom. The van der Waals surface area contributed by atoms with E-state index in [1.807, 2.05) is 18.2 Å². The van der Waals surface area contributed by atoms with Gasteiger partial charge in [0.1, 0.15) is 0 Å². The maximum absolute atomic E-state index is 5.92. The molecule has 0 aromatic heterocycles. The van der Waals surface area contributed by atoms with Crippen LogP contribution in [0.15, 0.2) is 30.3 Å². The fraction of sp³-hybridized carbons (Fsp3) is 0.500. The first kappa shape index (κ1) is 12.5. The van der Waals surface area contributed by atoms with Gasteiger partial charge >= 0.3 is 0 Å². The number of benzene rings is 1. The molecule has 3 heteroatoms. The van der Waals surface area contributed by atoms with Crippen LogP contribution in [0.3, 0.4) is 0 Å². The summed E-state index contributed by atoms with van der Waals surface area (Å²) < 4.78 is 4.99. The Morgan fingerprint density at radius 1 is 1.33 bits per heavy atom. The van der Waals surface area contributed by atoms with Crippen LogP contribution < -0.4 is 5.32 Å². The summed E-state index contributed by atoms with van der Waals surface area (Å²) in [6.45, 7) is 1.72.